The molecule has 1 unspecified atom stereocenters. The Labute approximate surface area is 233 Å². The number of rotatable bonds is 10. The largest absolute Gasteiger partial charge is 0.490 e. The van der Waals surface area contributed by atoms with E-state index in [0.29, 0.717) is 35.8 Å². The highest BCUT2D eigenvalue weighted by atomic mass is 32.1. The Bertz CT molecular complexity index is 1410. The van der Waals surface area contributed by atoms with Crippen LogP contribution in [0.5, 0.6) is 11.5 Å². The van der Waals surface area contributed by atoms with Crippen LogP contribution in [0.4, 0.5) is 5.69 Å². The lowest BCUT2D eigenvalue weighted by molar-refractivity contribution is 0.0939. The molecule has 0 aliphatic heterocycles. The third kappa shape index (κ3) is 8.15. The van der Waals surface area contributed by atoms with Gasteiger partial charge in [0.05, 0.1) is 17.3 Å². The summed E-state index contributed by atoms with van der Waals surface area (Å²) < 4.78 is 11.4. The summed E-state index contributed by atoms with van der Waals surface area (Å²) in [5.74, 6) is 0.635. The molecule has 4 rings (SSSR count). The normalized spacial score (nSPS) is 11.1. The summed E-state index contributed by atoms with van der Waals surface area (Å²) in [7, 11) is 0. The number of carbonyl (C=O) groups is 2. The number of para-hydroxylation sites is 2. The summed E-state index contributed by atoms with van der Waals surface area (Å²) in [6, 6.07) is 32.7. The van der Waals surface area contributed by atoms with Crippen molar-refractivity contribution in [3.8, 4) is 11.5 Å². The van der Waals surface area contributed by atoms with Gasteiger partial charge in [-0.3, -0.25) is 14.9 Å². The van der Waals surface area contributed by atoms with Crippen molar-refractivity contribution >= 4 is 34.8 Å². The summed E-state index contributed by atoms with van der Waals surface area (Å²) in [5.41, 5.74) is 2.26. The molecule has 2 amide bonds. The van der Waals surface area contributed by atoms with Crippen LogP contribution in [-0.2, 0) is 0 Å². The molecule has 0 saturated carbocycles. The van der Waals surface area contributed by atoms with Crippen LogP contribution >= 0.6 is 12.2 Å². The summed E-state index contributed by atoms with van der Waals surface area (Å²) in [5, 5.41) is 8.70. The van der Waals surface area contributed by atoms with Gasteiger partial charge >= 0.3 is 0 Å². The van der Waals surface area contributed by atoms with Crippen molar-refractivity contribution in [2.45, 2.75) is 13.0 Å². The van der Waals surface area contributed by atoms with Gasteiger partial charge in [0.1, 0.15) is 24.7 Å². The van der Waals surface area contributed by atoms with Gasteiger partial charge < -0.3 is 20.1 Å². The number of nitrogens with one attached hydrogen (secondary N) is 3. The van der Waals surface area contributed by atoms with Crippen LogP contribution in [-0.4, -0.2) is 30.1 Å². The first-order chi connectivity index (χ1) is 19.0. The Morgan fingerprint density at radius 1 is 0.744 bits per heavy atom. The quantitative estimate of drug-likeness (QED) is 0.175. The molecule has 0 fully saturated rings. The maximum atomic E-state index is 13.0. The molecule has 7 nitrogen and oxygen atoms in total. The van der Waals surface area contributed by atoms with Crippen molar-refractivity contribution in [1.82, 2.24) is 10.6 Å². The molecule has 0 aliphatic rings. The molecule has 0 heterocycles. The minimum Gasteiger partial charge on any atom is -0.490 e. The first-order valence-corrected chi connectivity index (χ1v) is 12.9. The third-order valence-corrected chi connectivity index (χ3v) is 5.96. The van der Waals surface area contributed by atoms with Crippen molar-refractivity contribution in [3.63, 3.8) is 0 Å². The number of hydrogen-bond acceptors (Lipinski definition) is 5. The number of thiocarbonyl (C=S) groups is 1. The van der Waals surface area contributed by atoms with E-state index in [1.54, 1.807) is 48.5 Å². The van der Waals surface area contributed by atoms with E-state index in [0.717, 1.165) is 11.3 Å². The lowest BCUT2D eigenvalue weighted by Crippen LogP contribution is -2.35. The van der Waals surface area contributed by atoms with E-state index in [2.05, 4.69) is 16.0 Å². The number of ether oxygens (including phenoxy) is 2. The molecule has 0 spiro atoms. The Morgan fingerprint density at radius 2 is 1.36 bits per heavy atom. The Hall–Kier alpha value is -4.69. The number of benzene rings is 4. The number of carbonyl (C=O) groups excluding carboxylic acids is 2. The van der Waals surface area contributed by atoms with Gasteiger partial charge in [-0.15, -0.1) is 0 Å². The van der Waals surface area contributed by atoms with Gasteiger partial charge in [0.2, 0.25) is 0 Å². The van der Waals surface area contributed by atoms with Gasteiger partial charge in [0.15, 0.2) is 5.11 Å². The molecular formula is C31H29N3O4S. The first-order valence-electron chi connectivity index (χ1n) is 12.5. The fourth-order valence-electron chi connectivity index (χ4n) is 3.78. The smallest absolute Gasteiger partial charge is 0.257 e. The SMILES string of the molecule is CC(NC(=O)c1ccccc1NC(=S)NC(=O)c1cccc(OCCOc2ccccc2)c1)c1ccccc1. The van der Waals surface area contributed by atoms with Gasteiger partial charge in [-0.2, -0.15) is 0 Å². The van der Waals surface area contributed by atoms with E-state index in [4.69, 9.17) is 21.7 Å². The molecule has 198 valence electrons. The van der Waals surface area contributed by atoms with Crippen LogP contribution in [0.3, 0.4) is 0 Å². The van der Waals surface area contributed by atoms with Crippen LogP contribution in [0.2, 0.25) is 0 Å². The second kappa shape index (κ2) is 13.7. The van der Waals surface area contributed by atoms with E-state index in [9.17, 15) is 9.59 Å². The zero-order valence-electron chi connectivity index (χ0n) is 21.4. The first kappa shape index (κ1) is 27.3. The average molecular weight is 540 g/mol. The molecule has 0 radical (unpaired) electrons. The molecule has 1 atom stereocenters. The summed E-state index contributed by atoms with van der Waals surface area (Å²) in [4.78, 5) is 25.8. The monoisotopic (exact) mass is 539 g/mol. The molecular weight excluding hydrogens is 510 g/mol. The van der Waals surface area contributed by atoms with Gasteiger partial charge in [-0.05, 0) is 67.2 Å². The molecule has 0 aromatic heterocycles. The lowest BCUT2D eigenvalue weighted by Gasteiger charge is -2.17. The van der Waals surface area contributed by atoms with E-state index >= 15 is 0 Å². The maximum absolute atomic E-state index is 13.0. The van der Waals surface area contributed by atoms with E-state index in [-0.39, 0.29) is 17.1 Å². The van der Waals surface area contributed by atoms with Crippen LogP contribution in [0.25, 0.3) is 0 Å². The van der Waals surface area contributed by atoms with E-state index in [1.165, 1.54) is 0 Å². The molecule has 0 aliphatic carbocycles. The zero-order valence-corrected chi connectivity index (χ0v) is 22.2. The van der Waals surface area contributed by atoms with Crippen LogP contribution in [0, 0.1) is 0 Å². The second-order valence-electron chi connectivity index (χ2n) is 8.60. The molecule has 4 aromatic rings. The van der Waals surface area contributed by atoms with Crippen molar-refractivity contribution in [2.75, 3.05) is 18.5 Å². The summed E-state index contributed by atoms with van der Waals surface area (Å²) in [6.45, 7) is 2.61. The van der Waals surface area contributed by atoms with Crippen molar-refractivity contribution in [2.24, 2.45) is 0 Å². The van der Waals surface area contributed by atoms with Gasteiger partial charge in [0, 0.05) is 5.56 Å². The highest BCUT2D eigenvalue weighted by Gasteiger charge is 2.16. The predicted octanol–water partition coefficient (Wildman–Crippen LogP) is 5.76. The molecule has 0 saturated heterocycles. The maximum Gasteiger partial charge on any atom is 0.257 e. The van der Waals surface area contributed by atoms with Gasteiger partial charge in [0.25, 0.3) is 11.8 Å². The average Bonchev–Trinajstić information content (AvgIpc) is 2.96. The fourth-order valence-corrected chi connectivity index (χ4v) is 3.98. The van der Waals surface area contributed by atoms with Crippen molar-refractivity contribution < 1.29 is 19.1 Å². The Kier molecular flexibility index (Phi) is 9.63. The van der Waals surface area contributed by atoms with E-state index < -0.39 is 5.91 Å². The minimum absolute atomic E-state index is 0.0685. The standard InChI is InChI=1S/C31H29N3O4S/c1-22(23-11-4-2-5-12-23)32-30(36)27-17-8-9-18-28(27)33-31(39)34-29(35)24-13-10-16-26(21-24)38-20-19-37-25-14-6-3-7-15-25/h2-18,21-22H,19-20H2,1H3,(H,32,36)(H2,33,34,35,39). The van der Waals surface area contributed by atoms with Crippen LogP contribution in [0.15, 0.2) is 109 Å². The topological polar surface area (TPSA) is 88.7 Å². The molecule has 0 bridgehead atoms. The molecule has 39 heavy (non-hydrogen) atoms. The second-order valence-corrected chi connectivity index (χ2v) is 9.01. The third-order valence-electron chi connectivity index (χ3n) is 5.75. The predicted molar refractivity (Wildman–Crippen MR) is 156 cm³/mol. The minimum atomic E-state index is -0.405. The van der Waals surface area contributed by atoms with Crippen molar-refractivity contribution in [1.29, 1.82) is 0 Å². The Morgan fingerprint density at radius 3 is 2.10 bits per heavy atom. The van der Waals surface area contributed by atoms with E-state index in [1.807, 2.05) is 67.6 Å². The highest BCUT2D eigenvalue weighted by Crippen LogP contribution is 2.19. The number of amides is 2. The highest BCUT2D eigenvalue weighted by molar-refractivity contribution is 7.80. The number of anilines is 1. The molecule has 3 N–H and O–H groups in total. The number of hydrogen-bond donors (Lipinski definition) is 3. The van der Waals surface area contributed by atoms with Gasteiger partial charge in [-0.25, -0.2) is 0 Å². The zero-order chi connectivity index (χ0) is 27.5. The lowest BCUT2D eigenvalue weighted by atomic mass is 10.1. The molecule has 4 aromatic carbocycles. The van der Waals surface area contributed by atoms with Gasteiger partial charge in [-0.1, -0.05) is 66.7 Å². The van der Waals surface area contributed by atoms with Crippen molar-refractivity contribution in [3.05, 3.63) is 126 Å². The summed E-state index contributed by atoms with van der Waals surface area (Å²) in [6.07, 6.45) is 0. The summed E-state index contributed by atoms with van der Waals surface area (Å²) >= 11 is 5.37. The fraction of sp³-hybridized carbons (Fsp3) is 0.129. The molecule has 8 heteroatoms. The van der Waals surface area contributed by atoms with Crippen LogP contribution < -0.4 is 25.4 Å². The van der Waals surface area contributed by atoms with Crippen LogP contribution in [0.1, 0.15) is 39.2 Å². The Balaban J connectivity index is 1.31.